The number of carboxylic acid groups (broad SMARTS) is 1. The lowest BCUT2D eigenvalue weighted by atomic mass is 10.3. The molecule has 1 unspecified atom stereocenters. The highest BCUT2D eigenvalue weighted by Crippen LogP contribution is 2.27. The number of ether oxygens (including phenoxy) is 1. The number of hydrogen-bond acceptors (Lipinski definition) is 5. The number of nitro groups is 1. The van der Waals surface area contributed by atoms with Crippen molar-refractivity contribution in [3.63, 3.8) is 0 Å². The van der Waals surface area contributed by atoms with E-state index in [1.807, 2.05) is 0 Å². The maximum Gasteiger partial charge on any atom is 0.350 e. The smallest absolute Gasteiger partial charge is 0.350 e. The van der Waals surface area contributed by atoms with E-state index < -0.39 is 16.9 Å². The van der Waals surface area contributed by atoms with Crippen molar-refractivity contribution in [2.45, 2.75) is 32.9 Å². The van der Waals surface area contributed by atoms with E-state index >= 15 is 0 Å². The second-order valence-electron chi connectivity index (χ2n) is 3.74. The molecule has 8 heteroatoms. The lowest BCUT2D eigenvalue weighted by molar-refractivity contribution is -0.386. The summed E-state index contributed by atoms with van der Waals surface area (Å²) in [5, 5.41) is 23.3. The number of aromatic nitrogens is 2. The molecule has 1 aromatic heterocycles. The van der Waals surface area contributed by atoms with Crippen LogP contribution in [0.1, 0.15) is 26.8 Å². The van der Waals surface area contributed by atoms with Crippen molar-refractivity contribution in [3.8, 4) is 5.88 Å². The molecule has 1 N–H and O–H groups in total. The van der Waals surface area contributed by atoms with Crippen LogP contribution in [-0.4, -0.2) is 31.9 Å². The van der Waals surface area contributed by atoms with Gasteiger partial charge in [0, 0.05) is 0 Å². The van der Waals surface area contributed by atoms with Crippen LogP contribution >= 0.6 is 0 Å². The van der Waals surface area contributed by atoms with Gasteiger partial charge in [-0.25, -0.2) is 9.48 Å². The number of aliphatic carboxylic acids is 1. The molecule has 1 atom stereocenters. The Balaban J connectivity index is 3.12. The molecule has 0 bridgehead atoms. The van der Waals surface area contributed by atoms with Gasteiger partial charge < -0.3 is 9.84 Å². The van der Waals surface area contributed by atoms with Gasteiger partial charge in [-0.15, -0.1) is 5.10 Å². The fraction of sp³-hybridized carbons (Fsp3) is 0.556. The molecule has 0 aromatic carbocycles. The summed E-state index contributed by atoms with van der Waals surface area (Å²) in [4.78, 5) is 20.8. The minimum absolute atomic E-state index is 0.168. The van der Waals surface area contributed by atoms with Gasteiger partial charge >= 0.3 is 17.5 Å². The summed E-state index contributed by atoms with van der Waals surface area (Å²) in [5.74, 6) is -1.29. The van der Waals surface area contributed by atoms with Crippen LogP contribution in [-0.2, 0) is 4.79 Å². The summed E-state index contributed by atoms with van der Waals surface area (Å²) in [7, 11) is 0. The zero-order valence-corrected chi connectivity index (χ0v) is 9.65. The first-order chi connectivity index (χ1) is 7.82. The van der Waals surface area contributed by atoms with Gasteiger partial charge in [-0.3, -0.25) is 10.1 Å². The van der Waals surface area contributed by atoms with Crippen LogP contribution in [0.4, 0.5) is 5.69 Å². The molecule has 94 valence electrons. The maximum atomic E-state index is 10.7. The van der Waals surface area contributed by atoms with Crippen molar-refractivity contribution in [3.05, 3.63) is 16.3 Å². The van der Waals surface area contributed by atoms with Crippen LogP contribution < -0.4 is 4.74 Å². The summed E-state index contributed by atoms with van der Waals surface area (Å²) in [6.45, 7) is 4.77. The lowest BCUT2D eigenvalue weighted by Crippen LogP contribution is -2.16. The molecule has 0 fully saturated rings. The van der Waals surface area contributed by atoms with Crippen molar-refractivity contribution in [2.75, 3.05) is 0 Å². The third-order valence-electron chi connectivity index (χ3n) is 1.98. The third kappa shape index (κ3) is 2.92. The molecule has 1 aromatic rings. The molecule has 0 saturated carbocycles. The predicted molar refractivity (Wildman–Crippen MR) is 57.0 cm³/mol. The summed E-state index contributed by atoms with van der Waals surface area (Å²) >= 11 is 0. The second kappa shape index (κ2) is 4.81. The molecule has 0 aliphatic rings. The number of nitrogens with zero attached hydrogens (tertiary/aromatic N) is 3. The highest BCUT2D eigenvalue weighted by molar-refractivity contribution is 5.71. The Labute approximate surface area is 97.0 Å². The van der Waals surface area contributed by atoms with Crippen LogP contribution in [0.5, 0.6) is 5.88 Å². The van der Waals surface area contributed by atoms with E-state index in [-0.39, 0.29) is 17.7 Å². The maximum absolute atomic E-state index is 10.7. The molecule has 0 aliphatic carbocycles. The lowest BCUT2D eigenvalue weighted by Gasteiger charge is -2.06. The van der Waals surface area contributed by atoms with Crippen molar-refractivity contribution < 1.29 is 19.6 Å². The summed E-state index contributed by atoms with van der Waals surface area (Å²) in [6, 6.07) is -0.988. The van der Waals surface area contributed by atoms with Crippen LogP contribution in [0.3, 0.4) is 0 Å². The molecule has 1 rings (SSSR count). The van der Waals surface area contributed by atoms with Gasteiger partial charge in [0.1, 0.15) is 12.2 Å². The number of carboxylic acids is 1. The van der Waals surface area contributed by atoms with Crippen LogP contribution in [0.2, 0.25) is 0 Å². The van der Waals surface area contributed by atoms with Gasteiger partial charge in [0.2, 0.25) is 0 Å². The molecule has 0 aliphatic heterocycles. The Bertz CT molecular complexity index is 440. The van der Waals surface area contributed by atoms with Crippen molar-refractivity contribution >= 4 is 11.7 Å². The molecular weight excluding hydrogens is 230 g/mol. The Hall–Kier alpha value is -2.12. The monoisotopic (exact) mass is 243 g/mol. The normalized spacial score (nSPS) is 12.5. The van der Waals surface area contributed by atoms with E-state index in [0.29, 0.717) is 0 Å². The topological polar surface area (TPSA) is 107 Å². The molecule has 0 spiro atoms. The quantitative estimate of drug-likeness (QED) is 0.615. The van der Waals surface area contributed by atoms with Gasteiger partial charge in [0.25, 0.3) is 0 Å². The number of carbonyl (C=O) groups is 1. The zero-order chi connectivity index (χ0) is 13.2. The summed E-state index contributed by atoms with van der Waals surface area (Å²) < 4.78 is 6.15. The highest BCUT2D eigenvalue weighted by atomic mass is 16.6. The largest absolute Gasteiger partial charge is 0.480 e. The number of hydrogen-bond donors (Lipinski definition) is 1. The van der Waals surface area contributed by atoms with E-state index in [9.17, 15) is 14.9 Å². The minimum atomic E-state index is -1.13. The minimum Gasteiger partial charge on any atom is -0.480 e. The first-order valence-electron chi connectivity index (χ1n) is 4.96. The van der Waals surface area contributed by atoms with Crippen LogP contribution in [0.25, 0.3) is 0 Å². The zero-order valence-electron chi connectivity index (χ0n) is 9.65. The molecular formula is C9H13N3O5. The van der Waals surface area contributed by atoms with Crippen molar-refractivity contribution in [1.82, 2.24) is 9.78 Å². The Morgan fingerprint density at radius 2 is 2.18 bits per heavy atom. The molecule has 1 heterocycles. The van der Waals surface area contributed by atoms with E-state index in [0.717, 1.165) is 10.9 Å². The van der Waals surface area contributed by atoms with Crippen LogP contribution in [0.15, 0.2) is 6.20 Å². The first kappa shape index (κ1) is 12.9. The van der Waals surface area contributed by atoms with E-state index in [1.54, 1.807) is 13.8 Å². The Morgan fingerprint density at radius 3 is 2.59 bits per heavy atom. The SMILES string of the molecule is CC(C)Oc1nn(C(C)C(=O)O)cc1[N+](=O)[O-]. The fourth-order valence-electron chi connectivity index (χ4n) is 1.11. The third-order valence-corrected chi connectivity index (χ3v) is 1.98. The predicted octanol–water partition coefficient (Wildman–Crippen LogP) is 1.22. The first-order valence-corrected chi connectivity index (χ1v) is 4.96. The molecule has 0 radical (unpaired) electrons. The van der Waals surface area contributed by atoms with E-state index in [4.69, 9.17) is 9.84 Å². The van der Waals surface area contributed by atoms with E-state index in [2.05, 4.69) is 5.10 Å². The molecule has 0 saturated heterocycles. The summed E-state index contributed by atoms with van der Waals surface area (Å²) in [5.41, 5.74) is -0.341. The van der Waals surface area contributed by atoms with E-state index in [1.165, 1.54) is 6.92 Å². The average Bonchev–Trinajstić information content (AvgIpc) is 2.59. The van der Waals surface area contributed by atoms with Crippen LogP contribution in [0, 0.1) is 10.1 Å². The van der Waals surface area contributed by atoms with Crippen molar-refractivity contribution in [1.29, 1.82) is 0 Å². The van der Waals surface area contributed by atoms with Gasteiger partial charge in [0.05, 0.1) is 11.0 Å². The summed E-state index contributed by atoms with van der Waals surface area (Å²) in [6.07, 6.45) is 0.772. The molecule has 17 heavy (non-hydrogen) atoms. The van der Waals surface area contributed by atoms with Gasteiger partial charge in [-0.05, 0) is 20.8 Å². The van der Waals surface area contributed by atoms with Gasteiger partial charge in [0.15, 0.2) is 0 Å². The highest BCUT2D eigenvalue weighted by Gasteiger charge is 2.25. The Kier molecular flexibility index (Phi) is 3.66. The van der Waals surface area contributed by atoms with Crippen molar-refractivity contribution in [2.24, 2.45) is 0 Å². The fourth-order valence-corrected chi connectivity index (χ4v) is 1.11. The Morgan fingerprint density at radius 1 is 1.59 bits per heavy atom. The van der Waals surface area contributed by atoms with Gasteiger partial charge in [-0.1, -0.05) is 0 Å². The van der Waals surface area contributed by atoms with Gasteiger partial charge in [-0.2, -0.15) is 0 Å². The molecule has 0 amide bonds. The second-order valence-corrected chi connectivity index (χ2v) is 3.74. The standard InChI is InChI=1S/C9H13N3O5/c1-5(2)17-8-7(12(15)16)4-11(10-8)6(3)9(13)14/h4-6H,1-3H3,(H,13,14). The number of rotatable bonds is 5. The average molecular weight is 243 g/mol. The molecule has 8 nitrogen and oxygen atoms in total.